The summed E-state index contributed by atoms with van der Waals surface area (Å²) in [6.45, 7) is 8.60. The van der Waals surface area contributed by atoms with Crippen LogP contribution in [0.4, 0.5) is 0 Å². The molecular weight excluding hydrogens is 202 g/mol. The van der Waals surface area contributed by atoms with Crippen LogP contribution < -0.4 is 10.1 Å². The van der Waals surface area contributed by atoms with Gasteiger partial charge in [0, 0.05) is 12.5 Å². The standard InChI is InChI=1S/C12H23N3O/c1-6-13-8-7-12(2,3)11-10(16-5)9-14-15(11)4/h9,13H,6-8H2,1-5H3. The zero-order valence-corrected chi connectivity index (χ0v) is 11.0. The van der Waals surface area contributed by atoms with Crippen molar-refractivity contribution < 1.29 is 4.74 Å². The lowest BCUT2D eigenvalue weighted by atomic mass is 9.85. The fourth-order valence-corrected chi connectivity index (χ4v) is 2.03. The molecule has 16 heavy (non-hydrogen) atoms. The SMILES string of the molecule is CCNCCC(C)(C)c1c(OC)cnn1C. The Morgan fingerprint density at radius 1 is 1.50 bits per heavy atom. The van der Waals surface area contributed by atoms with E-state index in [1.807, 2.05) is 11.7 Å². The smallest absolute Gasteiger partial charge is 0.160 e. The second-order valence-electron chi connectivity index (χ2n) is 4.67. The number of rotatable bonds is 6. The van der Waals surface area contributed by atoms with Gasteiger partial charge in [-0.1, -0.05) is 20.8 Å². The molecule has 1 aromatic rings. The molecule has 4 nitrogen and oxygen atoms in total. The molecule has 92 valence electrons. The molecular formula is C12H23N3O. The van der Waals surface area contributed by atoms with Crippen LogP contribution in [0.1, 0.15) is 32.9 Å². The molecule has 0 fully saturated rings. The molecule has 0 aliphatic rings. The molecule has 4 heteroatoms. The predicted octanol–water partition coefficient (Wildman–Crippen LogP) is 1.71. The molecule has 0 saturated heterocycles. The highest BCUT2D eigenvalue weighted by atomic mass is 16.5. The summed E-state index contributed by atoms with van der Waals surface area (Å²) in [6, 6.07) is 0. The molecule has 0 bridgehead atoms. The van der Waals surface area contributed by atoms with E-state index >= 15 is 0 Å². The van der Waals surface area contributed by atoms with E-state index < -0.39 is 0 Å². The zero-order chi connectivity index (χ0) is 12.2. The maximum atomic E-state index is 5.36. The van der Waals surface area contributed by atoms with Crippen molar-refractivity contribution in [2.45, 2.75) is 32.6 Å². The van der Waals surface area contributed by atoms with Crippen molar-refractivity contribution in [3.05, 3.63) is 11.9 Å². The van der Waals surface area contributed by atoms with Gasteiger partial charge in [0.25, 0.3) is 0 Å². The van der Waals surface area contributed by atoms with Gasteiger partial charge in [-0.3, -0.25) is 4.68 Å². The van der Waals surface area contributed by atoms with Crippen LogP contribution in [0.5, 0.6) is 5.75 Å². The average Bonchev–Trinajstić information content (AvgIpc) is 2.60. The average molecular weight is 225 g/mol. The largest absolute Gasteiger partial charge is 0.493 e. The van der Waals surface area contributed by atoms with Crippen LogP contribution in [0.15, 0.2) is 6.20 Å². The maximum absolute atomic E-state index is 5.36. The van der Waals surface area contributed by atoms with E-state index in [1.165, 1.54) is 0 Å². The monoisotopic (exact) mass is 225 g/mol. The van der Waals surface area contributed by atoms with Crippen molar-refractivity contribution in [2.75, 3.05) is 20.2 Å². The van der Waals surface area contributed by atoms with Crippen molar-refractivity contribution in [1.82, 2.24) is 15.1 Å². The van der Waals surface area contributed by atoms with Crippen molar-refractivity contribution in [2.24, 2.45) is 7.05 Å². The lowest BCUT2D eigenvalue weighted by Crippen LogP contribution is -2.27. The first-order chi connectivity index (χ1) is 7.53. The van der Waals surface area contributed by atoms with Gasteiger partial charge in [0.1, 0.15) is 0 Å². The second kappa shape index (κ2) is 5.34. The van der Waals surface area contributed by atoms with Crippen LogP contribution >= 0.6 is 0 Å². The first-order valence-electron chi connectivity index (χ1n) is 5.80. The van der Waals surface area contributed by atoms with E-state index in [0.29, 0.717) is 0 Å². The molecule has 0 saturated carbocycles. The summed E-state index contributed by atoms with van der Waals surface area (Å²) in [4.78, 5) is 0. The van der Waals surface area contributed by atoms with Gasteiger partial charge >= 0.3 is 0 Å². The number of ether oxygens (including phenoxy) is 1. The van der Waals surface area contributed by atoms with E-state index in [1.54, 1.807) is 13.3 Å². The zero-order valence-electron chi connectivity index (χ0n) is 11.0. The van der Waals surface area contributed by atoms with Crippen LogP contribution in [0.3, 0.4) is 0 Å². The number of nitrogens with zero attached hydrogens (tertiary/aromatic N) is 2. The Morgan fingerprint density at radius 3 is 2.75 bits per heavy atom. The second-order valence-corrected chi connectivity index (χ2v) is 4.67. The van der Waals surface area contributed by atoms with Gasteiger partial charge in [-0.25, -0.2) is 0 Å². The fourth-order valence-electron chi connectivity index (χ4n) is 2.03. The number of methoxy groups -OCH3 is 1. The lowest BCUT2D eigenvalue weighted by molar-refractivity contribution is 0.371. The molecule has 0 aliphatic carbocycles. The third kappa shape index (κ3) is 2.76. The third-order valence-electron chi connectivity index (χ3n) is 2.94. The van der Waals surface area contributed by atoms with E-state index in [4.69, 9.17) is 4.74 Å². The molecule has 1 aromatic heterocycles. The first-order valence-corrected chi connectivity index (χ1v) is 5.80. The normalized spacial score (nSPS) is 11.8. The molecule has 0 aliphatic heterocycles. The maximum Gasteiger partial charge on any atom is 0.160 e. The third-order valence-corrected chi connectivity index (χ3v) is 2.94. The summed E-state index contributed by atoms with van der Waals surface area (Å²) >= 11 is 0. The number of hydrogen-bond donors (Lipinski definition) is 1. The lowest BCUT2D eigenvalue weighted by Gasteiger charge is -2.26. The van der Waals surface area contributed by atoms with Crippen LogP contribution in [-0.2, 0) is 12.5 Å². The summed E-state index contributed by atoms with van der Waals surface area (Å²) in [5.74, 6) is 0.879. The highest BCUT2D eigenvalue weighted by Crippen LogP contribution is 2.33. The van der Waals surface area contributed by atoms with E-state index in [9.17, 15) is 0 Å². The van der Waals surface area contributed by atoms with Gasteiger partial charge in [-0.15, -0.1) is 0 Å². The summed E-state index contributed by atoms with van der Waals surface area (Å²) in [5, 5.41) is 7.61. The molecule has 0 unspecified atom stereocenters. The molecule has 0 aromatic carbocycles. The molecule has 1 N–H and O–H groups in total. The van der Waals surface area contributed by atoms with Crippen molar-refractivity contribution in [1.29, 1.82) is 0 Å². The highest BCUT2D eigenvalue weighted by molar-refractivity contribution is 5.31. The van der Waals surface area contributed by atoms with Crippen LogP contribution in [-0.4, -0.2) is 30.0 Å². The number of aromatic nitrogens is 2. The topological polar surface area (TPSA) is 39.1 Å². The van der Waals surface area contributed by atoms with Crippen LogP contribution in [0, 0.1) is 0 Å². The Labute approximate surface area is 98.0 Å². The summed E-state index contributed by atoms with van der Waals surface area (Å²) in [7, 11) is 3.66. The van der Waals surface area contributed by atoms with Gasteiger partial charge in [0.15, 0.2) is 5.75 Å². The van der Waals surface area contributed by atoms with Gasteiger partial charge < -0.3 is 10.1 Å². The van der Waals surface area contributed by atoms with Crippen LogP contribution in [0.2, 0.25) is 0 Å². The Balaban J connectivity index is 2.83. The number of aryl methyl sites for hydroxylation is 1. The Bertz CT molecular complexity index is 331. The highest BCUT2D eigenvalue weighted by Gasteiger charge is 2.27. The molecule has 1 rings (SSSR count). The summed E-state index contributed by atoms with van der Waals surface area (Å²) in [6.07, 6.45) is 2.85. The van der Waals surface area contributed by atoms with Gasteiger partial charge in [0.2, 0.25) is 0 Å². The quantitative estimate of drug-likeness (QED) is 0.749. The van der Waals surface area contributed by atoms with Crippen molar-refractivity contribution >= 4 is 0 Å². The minimum atomic E-state index is 0.0682. The summed E-state index contributed by atoms with van der Waals surface area (Å²) in [5.41, 5.74) is 1.23. The predicted molar refractivity (Wildman–Crippen MR) is 65.9 cm³/mol. The van der Waals surface area contributed by atoms with Crippen LogP contribution in [0.25, 0.3) is 0 Å². The van der Waals surface area contributed by atoms with Crippen molar-refractivity contribution in [3.63, 3.8) is 0 Å². The van der Waals surface area contributed by atoms with Gasteiger partial charge in [0.05, 0.1) is 19.0 Å². The van der Waals surface area contributed by atoms with Crippen molar-refractivity contribution in [3.8, 4) is 5.75 Å². The Kier molecular flexibility index (Phi) is 4.35. The molecule has 0 spiro atoms. The van der Waals surface area contributed by atoms with E-state index in [-0.39, 0.29) is 5.41 Å². The van der Waals surface area contributed by atoms with E-state index in [2.05, 4.69) is 31.2 Å². The summed E-state index contributed by atoms with van der Waals surface area (Å²) < 4.78 is 7.26. The van der Waals surface area contributed by atoms with E-state index in [0.717, 1.165) is 31.0 Å². The first kappa shape index (κ1) is 13.0. The molecule has 1 heterocycles. The minimum absolute atomic E-state index is 0.0682. The number of nitrogens with one attached hydrogen (secondary N) is 1. The Morgan fingerprint density at radius 2 is 2.19 bits per heavy atom. The molecule has 0 radical (unpaired) electrons. The Hall–Kier alpha value is -1.03. The minimum Gasteiger partial charge on any atom is -0.493 e. The molecule has 0 atom stereocenters. The van der Waals surface area contributed by atoms with Gasteiger partial charge in [-0.05, 0) is 19.5 Å². The van der Waals surface area contributed by atoms with Gasteiger partial charge in [-0.2, -0.15) is 5.10 Å². The fraction of sp³-hybridized carbons (Fsp3) is 0.750. The molecule has 0 amide bonds. The number of hydrogen-bond acceptors (Lipinski definition) is 3.